The average molecular weight is 408 g/mol. The monoisotopic (exact) mass is 408 g/mol. The van der Waals surface area contributed by atoms with Crippen LogP contribution in [0.1, 0.15) is 47.2 Å². The predicted molar refractivity (Wildman–Crippen MR) is 107 cm³/mol. The molecule has 0 saturated carbocycles. The minimum Gasteiger partial charge on any atom is -0.354 e. The number of alkyl halides is 3. The van der Waals surface area contributed by atoms with Crippen LogP contribution in [0.25, 0.3) is 0 Å². The molecule has 3 rings (SSSR count). The van der Waals surface area contributed by atoms with Gasteiger partial charge in [0.15, 0.2) is 5.78 Å². The van der Waals surface area contributed by atoms with Crippen LogP contribution in [0, 0.1) is 13.8 Å². The number of carbonyl (C=O) groups excluding carboxylic acids is 1. The van der Waals surface area contributed by atoms with Crippen molar-refractivity contribution in [3.8, 4) is 0 Å². The number of carbonyl (C=O) groups is 1. The van der Waals surface area contributed by atoms with Gasteiger partial charge in [-0.3, -0.25) is 9.69 Å². The fourth-order valence-corrected chi connectivity index (χ4v) is 4.02. The number of Topliss-reactive ketones (excluding diaryl/α,β-unsaturated/α-hetero) is 1. The predicted octanol–water partition coefficient (Wildman–Crippen LogP) is 4.10. The molecule has 1 fully saturated rings. The molecule has 2 aromatic heterocycles. The van der Waals surface area contributed by atoms with E-state index in [0.29, 0.717) is 44.6 Å². The summed E-state index contributed by atoms with van der Waals surface area (Å²) in [4.78, 5) is 20.8. The van der Waals surface area contributed by atoms with Crippen molar-refractivity contribution in [1.82, 2.24) is 14.5 Å². The number of rotatable bonds is 5. The summed E-state index contributed by atoms with van der Waals surface area (Å²) in [5.41, 5.74) is 2.10. The lowest BCUT2D eigenvalue weighted by Gasteiger charge is -2.35. The van der Waals surface area contributed by atoms with Crippen molar-refractivity contribution in [2.24, 2.45) is 0 Å². The largest absolute Gasteiger partial charge is 0.417 e. The van der Waals surface area contributed by atoms with Gasteiger partial charge in [0, 0.05) is 55.4 Å². The molecule has 0 N–H and O–H groups in total. The van der Waals surface area contributed by atoms with Crippen LogP contribution in [0.4, 0.5) is 19.0 Å². The molecule has 2 aromatic rings. The Kier molecular flexibility index (Phi) is 6.03. The molecule has 0 bridgehead atoms. The normalized spacial score (nSPS) is 15.9. The third kappa shape index (κ3) is 4.63. The van der Waals surface area contributed by atoms with Crippen LogP contribution < -0.4 is 4.90 Å². The highest BCUT2D eigenvalue weighted by molar-refractivity contribution is 5.99. The van der Waals surface area contributed by atoms with Crippen LogP contribution in [0.15, 0.2) is 24.4 Å². The van der Waals surface area contributed by atoms with Gasteiger partial charge in [-0.25, -0.2) is 4.98 Å². The Bertz CT molecular complexity index is 863. The average Bonchev–Trinajstić information content (AvgIpc) is 2.96. The molecule has 1 aliphatic heterocycles. The van der Waals surface area contributed by atoms with Gasteiger partial charge in [0.05, 0.1) is 12.1 Å². The molecule has 0 aliphatic carbocycles. The Hall–Kier alpha value is -2.35. The number of anilines is 1. The van der Waals surface area contributed by atoms with Crippen molar-refractivity contribution in [2.75, 3.05) is 37.6 Å². The molecule has 0 amide bonds. The first kappa shape index (κ1) is 21.4. The SMILES string of the molecule is Cc1cc(C(=O)CN2CCN(c3ccc(C(F)(F)F)cn3)CC2)c(C)n1C(C)C. The first-order chi connectivity index (χ1) is 13.6. The second-order valence-electron chi connectivity index (χ2n) is 7.84. The molecule has 1 aliphatic rings. The summed E-state index contributed by atoms with van der Waals surface area (Å²) in [6.45, 7) is 11.1. The topological polar surface area (TPSA) is 41.4 Å². The second kappa shape index (κ2) is 8.18. The highest BCUT2D eigenvalue weighted by atomic mass is 19.4. The number of piperazine rings is 1. The molecule has 8 heteroatoms. The van der Waals surface area contributed by atoms with E-state index < -0.39 is 11.7 Å². The van der Waals surface area contributed by atoms with Crippen molar-refractivity contribution in [3.05, 3.63) is 46.9 Å². The number of hydrogen-bond donors (Lipinski definition) is 0. The Balaban J connectivity index is 1.59. The van der Waals surface area contributed by atoms with Crippen LogP contribution in [-0.2, 0) is 6.18 Å². The van der Waals surface area contributed by atoms with Crippen LogP contribution in [0.2, 0.25) is 0 Å². The number of aryl methyl sites for hydroxylation is 1. The Morgan fingerprint density at radius 1 is 1.14 bits per heavy atom. The van der Waals surface area contributed by atoms with E-state index >= 15 is 0 Å². The molecule has 0 unspecified atom stereocenters. The molecular weight excluding hydrogens is 381 g/mol. The maximum absolute atomic E-state index is 12.8. The van der Waals surface area contributed by atoms with E-state index in [1.807, 2.05) is 24.8 Å². The van der Waals surface area contributed by atoms with E-state index in [4.69, 9.17) is 0 Å². The van der Waals surface area contributed by atoms with Gasteiger partial charge >= 0.3 is 6.18 Å². The molecule has 0 radical (unpaired) electrons. The Morgan fingerprint density at radius 2 is 1.79 bits per heavy atom. The zero-order valence-electron chi connectivity index (χ0n) is 17.3. The van der Waals surface area contributed by atoms with Crippen molar-refractivity contribution in [1.29, 1.82) is 0 Å². The maximum atomic E-state index is 12.8. The standard InChI is InChI=1S/C21H27F3N4O/c1-14(2)28-15(3)11-18(16(28)4)19(29)13-26-7-9-27(10-8-26)20-6-5-17(12-25-20)21(22,23)24/h5-6,11-12,14H,7-10,13H2,1-4H3. The fraction of sp³-hybridized carbons (Fsp3) is 0.524. The summed E-state index contributed by atoms with van der Waals surface area (Å²) < 4.78 is 40.2. The summed E-state index contributed by atoms with van der Waals surface area (Å²) in [6, 6.07) is 4.73. The third-order valence-corrected chi connectivity index (χ3v) is 5.44. The summed E-state index contributed by atoms with van der Waals surface area (Å²) in [7, 11) is 0. The van der Waals surface area contributed by atoms with E-state index in [1.54, 1.807) is 0 Å². The molecular formula is C21H27F3N4O. The van der Waals surface area contributed by atoms with Gasteiger partial charge in [-0.15, -0.1) is 0 Å². The maximum Gasteiger partial charge on any atom is 0.417 e. The zero-order chi connectivity index (χ0) is 21.3. The molecule has 0 atom stereocenters. The number of aromatic nitrogens is 2. The quantitative estimate of drug-likeness (QED) is 0.699. The molecule has 158 valence electrons. The first-order valence-corrected chi connectivity index (χ1v) is 9.80. The highest BCUT2D eigenvalue weighted by Crippen LogP contribution is 2.29. The molecule has 0 spiro atoms. The molecule has 1 saturated heterocycles. The van der Waals surface area contributed by atoms with Gasteiger partial charge in [-0.2, -0.15) is 13.2 Å². The van der Waals surface area contributed by atoms with Crippen molar-refractivity contribution >= 4 is 11.6 Å². The second-order valence-corrected chi connectivity index (χ2v) is 7.84. The first-order valence-electron chi connectivity index (χ1n) is 9.80. The lowest BCUT2D eigenvalue weighted by molar-refractivity contribution is -0.137. The van der Waals surface area contributed by atoms with E-state index in [1.165, 1.54) is 6.07 Å². The van der Waals surface area contributed by atoms with Crippen LogP contribution >= 0.6 is 0 Å². The molecule has 29 heavy (non-hydrogen) atoms. The molecule has 5 nitrogen and oxygen atoms in total. The lowest BCUT2D eigenvalue weighted by Crippen LogP contribution is -2.48. The van der Waals surface area contributed by atoms with Gasteiger partial charge in [-0.05, 0) is 45.9 Å². The van der Waals surface area contributed by atoms with Gasteiger partial charge in [-0.1, -0.05) is 0 Å². The summed E-state index contributed by atoms with van der Waals surface area (Å²) in [6.07, 6.45) is -3.51. The van der Waals surface area contributed by atoms with Crippen molar-refractivity contribution in [2.45, 2.75) is 39.9 Å². The summed E-state index contributed by atoms with van der Waals surface area (Å²) in [5, 5.41) is 0. The van der Waals surface area contributed by atoms with Gasteiger partial charge in [0.25, 0.3) is 0 Å². The number of ketones is 1. The highest BCUT2D eigenvalue weighted by Gasteiger charge is 2.31. The van der Waals surface area contributed by atoms with Crippen molar-refractivity contribution < 1.29 is 18.0 Å². The lowest BCUT2D eigenvalue weighted by atomic mass is 10.1. The van der Waals surface area contributed by atoms with E-state index in [9.17, 15) is 18.0 Å². The van der Waals surface area contributed by atoms with Crippen molar-refractivity contribution in [3.63, 3.8) is 0 Å². The van der Waals surface area contributed by atoms with Crippen LogP contribution in [0.5, 0.6) is 0 Å². The fourth-order valence-electron chi connectivity index (χ4n) is 4.02. The van der Waals surface area contributed by atoms with Crippen LogP contribution in [-0.4, -0.2) is 53.0 Å². The van der Waals surface area contributed by atoms with E-state index in [-0.39, 0.29) is 5.78 Å². The number of halogens is 3. The summed E-state index contributed by atoms with van der Waals surface area (Å²) in [5.74, 6) is 0.635. The Labute approximate surface area is 169 Å². The van der Waals surface area contributed by atoms with E-state index in [0.717, 1.165) is 29.2 Å². The Morgan fingerprint density at radius 3 is 2.28 bits per heavy atom. The van der Waals surface area contributed by atoms with Crippen LogP contribution in [0.3, 0.4) is 0 Å². The number of pyridine rings is 1. The van der Waals surface area contributed by atoms with Gasteiger partial charge in [0.1, 0.15) is 5.82 Å². The number of nitrogens with zero attached hydrogens (tertiary/aromatic N) is 4. The summed E-state index contributed by atoms with van der Waals surface area (Å²) >= 11 is 0. The van der Waals surface area contributed by atoms with Gasteiger partial charge < -0.3 is 9.47 Å². The minimum atomic E-state index is -4.38. The van der Waals surface area contributed by atoms with Gasteiger partial charge in [0.2, 0.25) is 0 Å². The third-order valence-electron chi connectivity index (χ3n) is 5.44. The number of hydrogen-bond acceptors (Lipinski definition) is 4. The molecule has 0 aromatic carbocycles. The molecule has 3 heterocycles. The smallest absolute Gasteiger partial charge is 0.354 e. The minimum absolute atomic E-state index is 0.103. The zero-order valence-corrected chi connectivity index (χ0v) is 17.3. The van der Waals surface area contributed by atoms with E-state index in [2.05, 4.69) is 28.3 Å².